The van der Waals surface area contributed by atoms with Crippen LogP contribution < -0.4 is 10.6 Å². The molecular weight excluding hydrogens is 496 g/mol. The monoisotopic (exact) mass is 548 g/mol. The van der Waals surface area contributed by atoms with E-state index >= 15 is 0 Å². The molecule has 2 atom stereocenters. The Morgan fingerprint density at radius 3 is 2.11 bits per heavy atom. The number of amides is 2. The highest BCUT2D eigenvalue weighted by Crippen LogP contribution is 2.46. The van der Waals surface area contributed by atoms with Crippen LogP contribution in [0.2, 0.25) is 6.04 Å². The van der Waals surface area contributed by atoms with Gasteiger partial charge in [0.2, 0.25) is 0 Å². The lowest BCUT2D eigenvalue weighted by Crippen LogP contribution is -2.50. The third-order valence-electron chi connectivity index (χ3n) is 7.98. The molecule has 0 aromatic rings. The molecule has 0 bridgehead atoms. The van der Waals surface area contributed by atoms with Crippen LogP contribution in [-0.4, -0.2) is 66.4 Å². The van der Waals surface area contributed by atoms with E-state index in [1.165, 1.54) is 11.8 Å². The first-order chi connectivity index (χ1) is 16.9. The minimum Gasteiger partial charge on any atom is -0.449 e. The molecule has 0 spiro atoms. The zero-order valence-electron chi connectivity index (χ0n) is 24.2. The molecule has 2 N–H and O–H groups in total. The summed E-state index contributed by atoms with van der Waals surface area (Å²) in [6, 6.07) is 0.734. The highest BCUT2D eigenvalue weighted by atomic mass is 32.2. The van der Waals surface area contributed by atoms with E-state index < -0.39 is 8.80 Å². The van der Waals surface area contributed by atoms with E-state index in [9.17, 15) is 9.59 Å². The average Bonchev–Trinajstić information content (AvgIpc) is 2.83. The summed E-state index contributed by atoms with van der Waals surface area (Å²) in [6.07, 6.45) is 6.11. The van der Waals surface area contributed by atoms with Gasteiger partial charge in [-0.3, -0.25) is 4.79 Å². The minimum absolute atomic E-state index is 0.0121. The molecule has 0 aliphatic heterocycles. The van der Waals surface area contributed by atoms with Gasteiger partial charge in [0.15, 0.2) is 0 Å². The lowest BCUT2D eigenvalue weighted by atomic mass is 9.62. The maximum absolute atomic E-state index is 12.7. The Kier molecular flexibility index (Phi) is 13.8. The summed E-state index contributed by atoms with van der Waals surface area (Å²) < 4.78 is 22.0. The molecule has 0 heterocycles. The predicted octanol–water partition coefficient (Wildman–Crippen LogP) is 6.23. The first-order valence-corrected chi connectivity index (χ1v) is 16.3. The van der Waals surface area contributed by atoms with Crippen LogP contribution in [0.5, 0.6) is 0 Å². The van der Waals surface area contributed by atoms with E-state index in [-0.39, 0.29) is 33.6 Å². The molecule has 0 aromatic heterocycles. The molecule has 36 heavy (non-hydrogen) atoms. The second-order valence-electron chi connectivity index (χ2n) is 11.4. The Balaban J connectivity index is 2.57. The maximum Gasteiger partial charge on any atom is 0.500 e. The fraction of sp³-hybridized carbons (Fsp3) is 0.923. The number of thioether (sulfide) groups is 1. The molecule has 0 aromatic carbocycles. The van der Waals surface area contributed by atoms with Crippen LogP contribution >= 0.6 is 11.8 Å². The van der Waals surface area contributed by atoms with Gasteiger partial charge in [-0.05, 0) is 55.8 Å². The van der Waals surface area contributed by atoms with Crippen LogP contribution in [0.25, 0.3) is 0 Å². The zero-order chi connectivity index (χ0) is 27.5. The largest absolute Gasteiger partial charge is 0.500 e. The molecule has 1 saturated carbocycles. The Morgan fingerprint density at radius 2 is 1.58 bits per heavy atom. The highest BCUT2D eigenvalue weighted by molar-refractivity contribution is 8.13. The third kappa shape index (κ3) is 10.5. The van der Waals surface area contributed by atoms with Gasteiger partial charge in [-0.25, -0.2) is 4.79 Å². The zero-order valence-corrected chi connectivity index (χ0v) is 26.0. The summed E-state index contributed by atoms with van der Waals surface area (Å²) in [5.41, 5.74) is -0.00753. The van der Waals surface area contributed by atoms with E-state index in [1.807, 2.05) is 0 Å². The first kappa shape index (κ1) is 33.2. The molecule has 0 radical (unpaired) electrons. The molecule has 8 nitrogen and oxygen atoms in total. The molecule has 2 amide bonds. The molecule has 1 fully saturated rings. The number of hydrogen-bond acceptors (Lipinski definition) is 7. The topological polar surface area (TPSA) is 95.1 Å². The quantitative estimate of drug-likeness (QED) is 0.185. The van der Waals surface area contributed by atoms with Crippen LogP contribution in [0.1, 0.15) is 86.5 Å². The molecular formula is C26H52N2O6SSi. The van der Waals surface area contributed by atoms with Gasteiger partial charge in [0.05, 0.1) is 6.61 Å². The van der Waals surface area contributed by atoms with E-state index in [0.29, 0.717) is 24.9 Å². The predicted molar refractivity (Wildman–Crippen MR) is 149 cm³/mol. The van der Waals surface area contributed by atoms with Crippen molar-refractivity contribution in [3.63, 3.8) is 0 Å². The summed E-state index contributed by atoms with van der Waals surface area (Å²) in [6.45, 7) is 14.1. The van der Waals surface area contributed by atoms with Crippen molar-refractivity contribution in [2.24, 2.45) is 16.2 Å². The van der Waals surface area contributed by atoms with Crippen LogP contribution in [-0.2, 0) is 18.0 Å². The molecule has 1 aliphatic rings. The molecule has 10 heteroatoms. The number of carbonyl (C=O) groups is 2. The van der Waals surface area contributed by atoms with Gasteiger partial charge in [0.1, 0.15) is 0 Å². The summed E-state index contributed by atoms with van der Waals surface area (Å²) in [7, 11) is 2.20. The van der Waals surface area contributed by atoms with Gasteiger partial charge in [-0.1, -0.05) is 53.3 Å². The van der Waals surface area contributed by atoms with E-state index in [1.54, 1.807) is 21.3 Å². The van der Waals surface area contributed by atoms with Crippen LogP contribution in [0.4, 0.5) is 9.59 Å². The SMILES string of the molecule is CCC(CC)(CC)COC(=O)NCC1(C)CC(NC(=O)SCCC[Si](OC)(OC)OC)CC(C)(C)C1. The van der Waals surface area contributed by atoms with Gasteiger partial charge in [-0.2, -0.15) is 0 Å². The van der Waals surface area contributed by atoms with Crippen molar-refractivity contribution in [3.8, 4) is 0 Å². The van der Waals surface area contributed by atoms with Gasteiger partial charge in [0, 0.05) is 51.1 Å². The van der Waals surface area contributed by atoms with Gasteiger partial charge < -0.3 is 28.6 Å². The van der Waals surface area contributed by atoms with Crippen molar-refractivity contribution in [1.82, 2.24) is 10.6 Å². The van der Waals surface area contributed by atoms with Gasteiger partial charge in [0.25, 0.3) is 5.24 Å². The van der Waals surface area contributed by atoms with Crippen LogP contribution in [0, 0.1) is 16.2 Å². The fourth-order valence-corrected chi connectivity index (χ4v) is 8.40. The smallest absolute Gasteiger partial charge is 0.449 e. The molecule has 0 saturated heterocycles. The Hall–Kier alpha value is -0.813. The van der Waals surface area contributed by atoms with Crippen molar-refractivity contribution in [2.45, 2.75) is 98.6 Å². The van der Waals surface area contributed by atoms with Crippen molar-refractivity contribution < 1.29 is 27.6 Å². The van der Waals surface area contributed by atoms with Gasteiger partial charge >= 0.3 is 14.9 Å². The summed E-state index contributed by atoms with van der Waals surface area (Å²) in [4.78, 5) is 25.2. The lowest BCUT2D eigenvalue weighted by molar-refractivity contribution is 0.0558. The number of rotatable bonds is 15. The fourth-order valence-electron chi connectivity index (χ4n) is 5.70. The number of nitrogens with one attached hydrogen (secondary N) is 2. The number of ether oxygens (including phenoxy) is 1. The summed E-state index contributed by atoms with van der Waals surface area (Å²) in [5.74, 6) is 0.673. The summed E-state index contributed by atoms with van der Waals surface area (Å²) >= 11 is 1.29. The number of alkyl carbamates (subject to hydrolysis) is 1. The Morgan fingerprint density at radius 1 is 1.00 bits per heavy atom. The number of hydrogen-bond donors (Lipinski definition) is 2. The third-order valence-corrected chi connectivity index (χ3v) is 11.7. The van der Waals surface area contributed by atoms with Crippen molar-refractivity contribution >= 4 is 31.9 Å². The Bertz CT molecular complexity index is 671. The minimum atomic E-state index is -2.60. The molecule has 1 aliphatic carbocycles. The number of carbonyl (C=O) groups excluding carboxylic acids is 2. The second kappa shape index (κ2) is 14.9. The lowest BCUT2D eigenvalue weighted by Gasteiger charge is -2.46. The molecule has 212 valence electrons. The maximum atomic E-state index is 12.7. The molecule has 1 rings (SSSR count). The average molecular weight is 549 g/mol. The molecule has 2 unspecified atom stereocenters. The Labute approximate surface area is 225 Å². The first-order valence-electron chi connectivity index (χ1n) is 13.3. The van der Waals surface area contributed by atoms with E-state index in [4.69, 9.17) is 18.0 Å². The van der Waals surface area contributed by atoms with Crippen molar-refractivity contribution in [1.29, 1.82) is 0 Å². The van der Waals surface area contributed by atoms with Crippen molar-refractivity contribution in [2.75, 3.05) is 40.2 Å². The van der Waals surface area contributed by atoms with Crippen LogP contribution in [0.3, 0.4) is 0 Å². The highest BCUT2D eigenvalue weighted by Gasteiger charge is 2.42. The van der Waals surface area contributed by atoms with Crippen LogP contribution in [0.15, 0.2) is 0 Å². The van der Waals surface area contributed by atoms with Crippen molar-refractivity contribution in [3.05, 3.63) is 0 Å². The second-order valence-corrected chi connectivity index (χ2v) is 15.6. The van der Waals surface area contributed by atoms with Gasteiger partial charge in [-0.15, -0.1) is 0 Å². The van der Waals surface area contributed by atoms with E-state index in [0.717, 1.165) is 44.9 Å². The summed E-state index contributed by atoms with van der Waals surface area (Å²) in [5, 5.41) is 6.22. The normalized spacial score (nSPS) is 22.2. The standard InChI is InChI=1S/C26H52N2O6SSi/c1-10-26(11-2,12-3)20-34-22(29)27-19-25(6)17-21(16-24(4,5)18-25)28-23(30)35-14-13-15-36(31-7,32-8)33-9/h21H,10-20H2,1-9H3,(H,27,29)(H,28,30). The van der Waals surface area contributed by atoms with E-state index in [2.05, 4.69) is 52.2 Å².